The molecule has 0 aromatic heterocycles. The van der Waals surface area contributed by atoms with E-state index in [1.807, 2.05) is 68.4 Å². The molecule has 0 atom stereocenters. The third-order valence-electron chi connectivity index (χ3n) is 8.61. The number of benzene rings is 7. The van der Waals surface area contributed by atoms with Gasteiger partial charge in [-0.3, -0.25) is 0 Å². The number of rotatable bonds is 7. The number of nitrogens with two attached hydrogens (primary N) is 2. The Morgan fingerprint density at radius 1 is 0.527 bits per heavy atom. The first-order valence-electron chi connectivity index (χ1n) is 19.6. The van der Waals surface area contributed by atoms with Gasteiger partial charge in [-0.2, -0.15) is 0 Å². The summed E-state index contributed by atoms with van der Waals surface area (Å²) >= 11 is 0. The van der Waals surface area contributed by atoms with Crippen molar-refractivity contribution in [2.75, 3.05) is 7.05 Å². The molecule has 0 bridgehead atoms. The second kappa shape index (κ2) is 27.0. The average molecular weight is 730 g/mol. The van der Waals surface area contributed by atoms with Crippen LogP contribution in [0.4, 0.5) is 0 Å². The van der Waals surface area contributed by atoms with Gasteiger partial charge < -0.3 is 16.9 Å². The van der Waals surface area contributed by atoms with Gasteiger partial charge in [0.05, 0.1) is 6.04 Å². The van der Waals surface area contributed by atoms with Crippen molar-refractivity contribution in [3.63, 3.8) is 0 Å². The van der Waals surface area contributed by atoms with E-state index in [-0.39, 0.29) is 6.04 Å². The highest BCUT2D eigenvalue weighted by molar-refractivity contribution is 6.00. The molecule has 0 heterocycles. The minimum absolute atomic E-state index is 0.0163. The Kier molecular flexibility index (Phi) is 22.4. The van der Waals surface area contributed by atoms with Crippen molar-refractivity contribution in [1.29, 1.82) is 5.41 Å². The molecule has 3 nitrogen and oxygen atoms in total. The molecular formula is C52H63N3. The van der Waals surface area contributed by atoms with E-state index in [0.29, 0.717) is 0 Å². The Bertz CT molecular complexity index is 1960. The summed E-state index contributed by atoms with van der Waals surface area (Å²) in [4.78, 5) is 0. The van der Waals surface area contributed by atoms with E-state index < -0.39 is 0 Å². The van der Waals surface area contributed by atoms with Gasteiger partial charge in [-0.25, -0.2) is 0 Å². The standard InChI is InChI=1S/C25H22.C13H13N.C7H8.C4H9N.C2H6.CH5N/c1-3-19-10-14-21(15-11-19)25-17-23(20-12-8-18(2)9-13-20)16-22-6-4-5-7-24(22)25;14-13(11-7-3-1-4-8-11)12-9-5-2-6-10-12;1-7-5-3-2-4-6-7;1-2-3-4-5;2*1-2/h4-17H,3H2,1-2H3;1-10,13H,14H2;2-6H,1H3;4-5H,2-3H2,1H3;1-2H3;2H2,1H3. The maximum atomic E-state index is 6.48. The van der Waals surface area contributed by atoms with E-state index in [0.717, 1.165) is 30.4 Å². The van der Waals surface area contributed by atoms with Gasteiger partial charge >= 0.3 is 0 Å². The molecular weight excluding hydrogens is 667 g/mol. The summed E-state index contributed by atoms with van der Waals surface area (Å²) in [6, 6.07) is 61.6. The van der Waals surface area contributed by atoms with Crippen LogP contribution in [0.2, 0.25) is 0 Å². The number of hydrogen-bond acceptors (Lipinski definition) is 3. The highest BCUT2D eigenvalue weighted by atomic mass is 14.6. The van der Waals surface area contributed by atoms with Gasteiger partial charge in [-0.1, -0.05) is 209 Å². The fraction of sp³-hybridized carbons (Fsp3) is 0.212. The van der Waals surface area contributed by atoms with Gasteiger partial charge in [0.2, 0.25) is 0 Å². The summed E-state index contributed by atoms with van der Waals surface area (Å²) in [7, 11) is 1.50. The zero-order valence-electron chi connectivity index (χ0n) is 34.2. The van der Waals surface area contributed by atoms with Crippen LogP contribution in [0.25, 0.3) is 33.0 Å². The summed E-state index contributed by atoms with van der Waals surface area (Å²) in [6.07, 6.45) is 4.54. The molecule has 7 rings (SSSR count). The molecule has 0 radical (unpaired) electrons. The molecule has 7 aromatic carbocycles. The highest BCUT2D eigenvalue weighted by Crippen LogP contribution is 2.34. The van der Waals surface area contributed by atoms with E-state index in [4.69, 9.17) is 11.1 Å². The monoisotopic (exact) mass is 730 g/mol. The van der Waals surface area contributed by atoms with E-state index in [1.54, 1.807) is 0 Å². The van der Waals surface area contributed by atoms with Gasteiger partial charge in [-0.15, -0.1) is 0 Å². The predicted octanol–water partition coefficient (Wildman–Crippen LogP) is 13.8. The number of fused-ring (bicyclic) bond motifs is 1. The van der Waals surface area contributed by atoms with Crippen LogP contribution in [-0.4, -0.2) is 13.3 Å². The fourth-order valence-corrected chi connectivity index (χ4v) is 5.57. The van der Waals surface area contributed by atoms with E-state index >= 15 is 0 Å². The van der Waals surface area contributed by atoms with Crippen molar-refractivity contribution >= 4 is 17.0 Å². The normalized spacial score (nSPS) is 9.64. The first-order valence-corrected chi connectivity index (χ1v) is 19.6. The SMILES string of the molecule is CC.CCCC=N.CCc1ccc(-c2cc(-c3ccc(C)cc3)cc3ccccc23)cc1.CN.Cc1ccccc1.NC(c1ccccc1)c1ccccc1. The quantitative estimate of drug-likeness (QED) is 0.143. The van der Waals surface area contributed by atoms with Gasteiger partial charge in [0.1, 0.15) is 0 Å². The Morgan fingerprint density at radius 2 is 0.982 bits per heavy atom. The molecule has 0 fully saturated rings. The Labute approximate surface area is 332 Å². The predicted molar refractivity (Wildman–Crippen MR) is 244 cm³/mol. The van der Waals surface area contributed by atoms with Crippen molar-refractivity contribution < 1.29 is 0 Å². The first-order chi connectivity index (χ1) is 26.9. The van der Waals surface area contributed by atoms with E-state index in [2.05, 4.69) is 155 Å². The van der Waals surface area contributed by atoms with Crippen molar-refractivity contribution in [3.05, 3.63) is 204 Å². The Hall–Kier alpha value is -5.61. The van der Waals surface area contributed by atoms with Gasteiger partial charge in [0.15, 0.2) is 0 Å². The first kappa shape index (κ1) is 45.5. The zero-order chi connectivity index (χ0) is 40.3. The molecule has 0 aliphatic rings. The molecule has 0 spiro atoms. The second-order valence-corrected chi connectivity index (χ2v) is 12.6. The summed E-state index contributed by atoms with van der Waals surface area (Å²) in [5.74, 6) is 0. The molecule has 7 aromatic rings. The molecule has 286 valence electrons. The van der Waals surface area contributed by atoms with Crippen LogP contribution in [0.3, 0.4) is 0 Å². The van der Waals surface area contributed by atoms with Crippen LogP contribution in [0, 0.1) is 19.3 Å². The lowest BCUT2D eigenvalue weighted by molar-refractivity contribution is 0.871. The van der Waals surface area contributed by atoms with Crippen LogP contribution in [0.5, 0.6) is 0 Å². The lowest BCUT2D eigenvalue weighted by atomic mass is 9.92. The lowest BCUT2D eigenvalue weighted by Gasteiger charge is -2.12. The summed E-state index contributed by atoms with van der Waals surface area (Å²) in [6.45, 7) is 12.5. The third-order valence-corrected chi connectivity index (χ3v) is 8.61. The van der Waals surface area contributed by atoms with Crippen LogP contribution >= 0.6 is 0 Å². The maximum Gasteiger partial charge on any atom is 0.0551 e. The fourth-order valence-electron chi connectivity index (χ4n) is 5.57. The van der Waals surface area contributed by atoms with Gasteiger partial charge in [0.25, 0.3) is 0 Å². The largest absolute Gasteiger partial charge is 0.333 e. The lowest BCUT2D eigenvalue weighted by Crippen LogP contribution is -2.11. The summed E-state index contributed by atoms with van der Waals surface area (Å²) in [5.41, 5.74) is 22.0. The number of hydrogen-bond donors (Lipinski definition) is 3. The molecule has 55 heavy (non-hydrogen) atoms. The van der Waals surface area contributed by atoms with Crippen LogP contribution in [0.15, 0.2) is 176 Å². The molecule has 0 unspecified atom stereocenters. The third kappa shape index (κ3) is 15.7. The Morgan fingerprint density at radius 3 is 1.42 bits per heavy atom. The number of unbranched alkanes of at least 4 members (excludes halogenated alkanes) is 1. The number of aryl methyl sites for hydroxylation is 3. The molecule has 0 aliphatic carbocycles. The highest BCUT2D eigenvalue weighted by Gasteiger charge is 2.09. The van der Waals surface area contributed by atoms with Gasteiger partial charge in [0, 0.05) is 0 Å². The second-order valence-electron chi connectivity index (χ2n) is 12.6. The minimum Gasteiger partial charge on any atom is -0.333 e. The Balaban J connectivity index is 0.000000292. The zero-order valence-corrected chi connectivity index (χ0v) is 34.2. The molecule has 0 saturated heterocycles. The smallest absolute Gasteiger partial charge is 0.0551 e. The molecule has 0 saturated carbocycles. The van der Waals surface area contributed by atoms with Crippen LogP contribution in [-0.2, 0) is 6.42 Å². The van der Waals surface area contributed by atoms with Crippen molar-refractivity contribution in [2.24, 2.45) is 11.5 Å². The molecule has 0 aliphatic heterocycles. The molecule has 5 N–H and O–H groups in total. The topological polar surface area (TPSA) is 75.9 Å². The minimum atomic E-state index is -0.0163. The summed E-state index contributed by atoms with van der Waals surface area (Å²) < 4.78 is 0. The van der Waals surface area contributed by atoms with Crippen LogP contribution < -0.4 is 11.5 Å². The van der Waals surface area contributed by atoms with E-state index in [1.165, 1.54) is 63.0 Å². The van der Waals surface area contributed by atoms with Crippen molar-refractivity contribution in [2.45, 2.75) is 66.8 Å². The van der Waals surface area contributed by atoms with Crippen LogP contribution in [0.1, 0.15) is 74.4 Å². The maximum absolute atomic E-state index is 6.48. The molecule has 0 amide bonds. The van der Waals surface area contributed by atoms with E-state index in [9.17, 15) is 0 Å². The summed E-state index contributed by atoms with van der Waals surface area (Å²) in [5, 5.41) is 9.07. The molecule has 3 heteroatoms. The average Bonchev–Trinajstić information content (AvgIpc) is 3.26. The number of nitrogens with one attached hydrogen (secondary N) is 1. The van der Waals surface area contributed by atoms with Crippen molar-refractivity contribution in [1.82, 2.24) is 0 Å². The van der Waals surface area contributed by atoms with Gasteiger partial charge in [-0.05, 0) is 102 Å². The van der Waals surface area contributed by atoms with Crippen molar-refractivity contribution in [3.8, 4) is 22.3 Å².